The lowest BCUT2D eigenvalue weighted by Crippen LogP contribution is -1.97. The molecule has 0 bridgehead atoms. The lowest BCUT2D eigenvalue weighted by atomic mass is 10.1. The first-order valence-corrected chi connectivity index (χ1v) is 8.40. The van der Waals surface area contributed by atoms with Gasteiger partial charge in [0.25, 0.3) is 0 Å². The number of hydrogen-bond donors (Lipinski definition) is 1. The van der Waals surface area contributed by atoms with E-state index in [1.54, 1.807) is 0 Å². The Bertz CT molecular complexity index is 261. The van der Waals surface area contributed by atoms with E-state index in [2.05, 4.69) is 43.4 Å². The van der Waals surface area contributed by atoms with Crippen molar-refractivity contribution < 1.29 is 5.11 Å². The number of aliphatic hydroxyl groups excluding tert-OH is 1. The molecule has 0 saturated heterocycles. The van der Waals surface area contributed by atoms with E-state index in [1.165, 1.54) is 32.1 Å². The van der Waals surface area contributed by atoms with Crippen molar-refractivity contribution in [3.05, 3.63) is 36.5 Å². The fourth-order valence-electron chi connectivity index (χ4n) is 1.99. The zero-order chi connectivity index (χ0) is 14.9. The van der Waals surface area contributed by atoms with Crippen LogP contribution in [0.5, 0.6) is 0 Å². The third-order valence-corrected chi connectivity index (χ3v) is 3.26. The summed E-state index contributed by atoms with van der Waals surface area (Å²) in [6, 6.07) is 0. The SMILES string of the molecule is CCCCC/C=C\C/C=C\C/C=C\CCCCC(C)O. The van der Waals surface area contributed by atoms with E-state index in [0.29, 0.717) is 0 Å². The molecule has 1 heteroatoms. The summed E-state index contributed by atoms with van der Waals surface area (Å²) < 4.78 is 0. The number of unbranched alkanes of at least 4 members (excludes halogenated alkanes) is 5. The fraction of sp³-hybridized carbons (Fsp3) is 0.684. The van der Waals surface area contributed by atoms with Crippen LogP contribution in [0.1, 0.15) is 78.1 Å². The van der Waals surface area contributed by atoms with E-state index in [0.717, 1.165) is 32.1 Å². The first kappa shape index (κ1) is 19.2. The summed E-state index contributed by atoms with van der Waals surface area (Å²) in [4.78, 5) is 0. The quantitative estimate of drug-likeness (QED) is 0.326. The average molecular weight is 278 g/mol. The molecule has 0 aliphatic rings. The molecule has 0 aliphatic heterocycles. The third-order valence-electron chi connectivity index (χ3n) is 3.26. The van der Waals surface area contributed by atoms with E-state index >= 15 is 0 Å². The van der Waals surface area contributed by atoms with Gasteiger partial charge in [-0.1, -0.05) is 62.6 Å². The molecule has 1 unspecified atom stereocenters. The van der Waals surface area contributed by atoms with Gasteiger partial charge in [0, 0.05) is 0 Å². The molecule has 0 radical (unpaired) electrons. The van der Waals surface area contributed by atoms with Gasteiger partial charge in [0.15, 0.2) is 0 Å². The number of hydrogen-bond acceptors (Lipinski definition) is 1. The Labute approximate surface area is 126 Å². The second-order valence-corrected chi connectivity index (χ2v) is 5.51. The predicted molar refractivity (Wildman–Crippen MR) is 90.9 cm³/mol. The van der Waals surface area contributed by atoms with Gasteiger partial charge in [0.2, 0.25) is 0 Å². The van der Waals surface area contributed by atoms with Crippen molar-refractivity contribution >= 4 is 0 Å². The average Bonchev–Trinajstić information content (AvgIpc) is 2.43. The van der Waals surface area contributed by atoms with Crippen LogP contribution >= 0.6 is 0 Å². The molecule has 1 nitrogen and oxygen atoms in total. The van der Waals surface area contributed by atoms with Gasteiger partial charge in [-0.05, 0) is 51.9 Å². The standard InChI is InChI=1S/C19H34O/c1-3-4-5-6-7-8-9-10-11-12-13-14-15-16-17-18-19(2)20/h7-8,10-11,13-14,19-20H,3-6,9,12,15-18H2,1-2H3/b8-7-,11-10-,14-13-. The van der Waals surface area contributed by atoms with Crippen LogP contribution in [0.2, 0.25) is 0 Å². The molecule has 0 aromatic carbocycles. The summed E-state index contributed by atoms with van der Waals surface area (Å²) in [6.07, 6.45) is 25.1. The number of aliphatic hydroxyl groups is 1. The minimum atomic E-state index is -0.142. The zero-order valence-electron chi connectivity index (χ0n) is 13.6. The molecule has 0 aromatic rings. The van der Waals surface area contributed by atoms with Gasteiger partial charge in [0.05, 0.1) is 6.10 Å². The van der Waals surface area contributed by atoms with Crippen molar-refractivity contribution in [3.8, 4) is 0 Å². The van der Waals surface area contributed by atoms with Crippen LogP contribution in [0.3, 0.4) is 0 Å². The molecular weight excluding hydrogens is 244 g/mol. The van der Waals surface area contributed by atoms with Crippen LogP contribution < -0.4 is 0 Å². The molecule has 1 N–H and O–H groups in total. The van der Waals surface area contributed by atoms with Gasteiger partial charge in [-0.25, -0.2) is 0 Å². The van der Waals surface area contributed by atoms with Crippen LogP contribution in [0, 0.1) is 0 Å². The lowest BCUT2D eigenvalue weighted by Gasteiger charge is -2.00. The van der Waals surface area contributed by atoms with E-state index in [4.69, 9.17) is 5.11 Å². The topological polar surface area (TPSA) is 20.2 Å². The highest BCUT2D eigenvalue weighted by Crippen LogP contribution is 2.04. The number of rotatable bonds is 13. The van der Waals surface area contributed by atoms with Crippen LogP contribution in [0.25, 0.3) is 0 Å². The highest BCUT2D eigenvalue weighted by Gasteiger charge is 1.93. The Morgan fingerprint density at radius 3 is 1.75 bits per heavy atom. The summed E-state index contributed by atoms with van der Waals surface area (Å²) >= 11 is 0. The van der Waals surface area contributed by atoms with Gasteiger partial charge in [-0.2, -0.15) is 0 Å². The predicted octanol–water partition coefficient (Wildman–Crippen LogP) is 5.96. The van der Waals surface area contributed by atoms with Crippen LogP contribution in [-0.2, 0) is 0 Å². The highest BCUT2D eigenvalue weighted by atomic mass is 16.3. The molecular formula is C19H34O. The van der Waals surface area contributed by atoms with Crippen molar-refractivity contribution in [2.75, 3.05) is 0 Å². The third kappa shape index (κ3) is 17.2. The molecule has 1 atom stereocenters. The molecule has 0 heterocycles. The van der Waals surface area contributed by atoms with E-state index in [1.807, 2.05) is 6.92 Å². The second kappa shape index (κ2) is 16.2. The Hall–Kier alpha value is -0.820. The molecule has 0 fully saturated rings. The molecule has 0 rings (SSSR count). The Kier molecular flexibility index (Phi) is 15.6. The Morgan fingerprint density at radius 2 is 1.25 bits per heavy atom. The maximum absolute atomic E-state index is 9.12. The van der Waals surface area contributed by atoms with Crippen molar-refractivity contribution in [2.24, 2.45) is 0 Å². The van der Waals surface area contributed by atoms with Gasteiger partial charge < -0.3 is 5.11 Å². The molecule has 116 valence electrons. The van der Waals surface area contributed by atoms with Crippen molar-refractivity contribution in [1.29, 1.82) is 0 Å². The molecule has 0 spiro atoms. The van der Waals surface area contributed by atoms with Crippen LogP contribution in [-0.4, -0.2) is 11.2 Å². The molecule has 0 amide bonds. The van der Waals surface area contributed by atoms with Crippen molar-refractivity contribution in [2.45, 2.75) is 84.2 Å². The first-order valence-electron chi connectivity index (χ1n) is 8.40. The summed E-state index contributed by atoms with van der Waals surface area (Å²) in [6.45, 7) is 4.10. The first-order chi connectivity index (χ1) is 9.77. The normalized spacial score (nSPS) is 13.9. The minimum Gasteiger partial charge on any atom is -0.393 e. The Balaban J connectivity index is 3.30. The lowest BCUT2D eigenvalue weighted by molar-refractivity contribution is 0.181. The highest BCUT2D eigenvalue weighted by molar-refractivity contribution is 4.97. The Morgan fingerprint density at radius 1 is 0.750 bits per heavy atom. The maximum atomic E-state index is 9.12. The van der Waals surface area contributed by atoms with Crippen LogP contribution in [0.15, 0.2) is 36.5 Å². The second-order valence-electron chi connectivity index (χ2n) is 5.51. The van der Waals surface area contributed by atoms with Crippen molar-refractivity contribution in [1.82, 2.24) is 0 Å². The largest absolute Gasteiger partial charge is 0.393 e. The van der Waals surface area contributed by atoms with E-state index in [-0.39, 0.29) is 6.10 Å². The molecule has 0 saturated carbocycles. The van der Waals surface area contributed by atoms with Crippen molar-refractivity contribution in [3.63, 3.8) is 0 Å². The molecule has 0 aromatic heterocycles. The zero-order valence-corrected chi connectivity index (χ0v) is 13.6. The summed E-state index contributed by atoms with van der Waals surface area (Å²) in [5.74, 6) is 0. The maximum Gasteiger partial charge on any atom is 0.0512 e. The van der Waals surface area contributed by atoms with Crippen LogP contribution in [0.4, 0.5) is 0 Å². The smallest absolute Gasteiger partial charge is 0.0512 e. The van der Waals surface area contributed by atoms with E-state index < -0.39 is 0 Å². The van der Waals surface area contributed by atoms with Gasteiger partial charge in [-0.15, -0.1) is 0 Å². The van der Waals surface area contributed by atoms with Gasteiger partial charge in [-0.3, -0.25) is 0 Å². The molecule has 20 heavy (non-hydrogen) atoms. The minimum absolute atomic E-state index is 0.142. The summed E-state index contributed by atoms with van der Waals surface area (Å²) in [5, 5.41) is 9.12. The fourth-order valence-corrected chi connectivity index (χ4v) is 1.99. The van der Waals surface area contributed by atoms with E-state index in [9.17, 15) is 0 Å². The summed E-state index contributed by atoms with van der Waals surface area (Å²) in [5.41, 5.74) is 0. The monoisotopic (exact) mass is 278 g/mol. The number of allylic oxidation sites excluding steroid dienone is 6. The van der Waals surface area contributed by atoms with Gasteiger partial charge in [0.1, 0.15) is 0 Å². The molecule has 0 aliphatic carbocycles. The summed E-state index contributed by atoms with van der Waals surface area (Å²) in [7, 11) is 0. The van der Waals surface area contributed by atoms with Gasteiger partial charge >= 0.3 is 0 Å².